The van der Waals surface area contributed by atoms with Gasteiger partial charge in [-0.3, -0.25) is 9.52 Å². The summed E-state index contributed by atoms with van der Waals surface area (Å²) >= 11 is 0. The maximum atomic E-state index is 14.0. The van der Waals surface area contributed by atoms with Gasteiger partial charge in [0.1, 0.15) is 11.5 Å². The zero-order valence-corrected chi connectivity index (χ0v) is 18.4. The highest BCUT2D eigenvalue weighted by Gasteiger charge is 2.32. The van der Waals surface area contributed by atoms with Crippen molar-refractivity contribution in [3.63, 3.8) is 0 Å². The molecule has 0 atom stereocenters. The van der Waals surface area contributed by atoms with Crippen LogP contribution in [0.1, 0.15) is 36.4 Å². The van der Waals surface area contributed by atoms with Crippen molar-refractivity contribution in [2.45, 2.75) is 33.0 Å². The van der Waals surface area contributed by atoms with E-state index in [2.05, 4.69) is 10.3 Å². The van der Waals surface area contributed by atoms with E-state index in [1.54, 1.807) is 0 Å². The number of nitrogens with one attached hydrogen (secondary N) is 2. The standard InChI is InChI=1S/C21H23F4N3O3S/c1-13(2)10-18-15(5-8-19(27-18)21(23,24)25)6-9-20(29)26-12-14-4-7-17(16(22)11-14)28-32(3,30)31/h4-9,11,13,28H,10,12H2,1-3H3,(H,26,29)/b9-6+. The first kappa shape index (κ1) is 25.3. The lowest BCUT2D eigenvalue weighted by atomic mass is 10.0. The maximum Gasteiger partial charge on any atom is 0.433 e. The Morgan fingerprint density at radius 3 is 2.44 bits per heavy atom. The van der Waals surface area contributed by atoms with Crippen LogP contribution < -0.4 is 10.0 Å². The lowest BCUT2D eigenvalue weighted by molar-refractivity contribution is -0.141. The lowest BCUT2D eigenvalue weighted by Crippen LogP contribution is -2.20. The number of benzene rings is 1. The van der Waals surface area contributed by atoms with Gasteiger partial charge >= 0.3 is 6.18 Å². The molecule has 174 valence electrons. The Kier molecular flexibility index (Phi) is 8.00. The molecule has 2 rings (SSSR count). The fraction of sp³-hybridized carbons (Fsp3) is 0.333. The molecule has 2 N–H and O–H groups in total. The second-order valence-electron chi connectivity index (χ2n) is 7.57. The zero-order valence-electron chi connectivity index (χ0n) is 17.6. The number of sulfonamides is 1. The summed E-state index contributed by atoms with van der Waals surface area (Å²) in [4.78, 5) is 15.8. The van der Waals surface area contributed by atoms with Crippen LogP contribution in [0.15, 0.2) is 36.4 Å². The number of anilines is 1. The summed E-state index contributed by atoms with van der Waals surface area (Å²) in [6.45, 7) is 3.65. The van der Waals surface area contributed by atoms with E-state index in [1.807, 2.05) is 18.6 Å². The van der Waals surface area contributed by atoms with Gasteiger partial charge in [-0.15, -0.1) is 0 Å². The highest BCUT2D eigenvalue weighted by molar-refractivity contribution is 7.92. The topological polar surface area (TPSA) is 88.2 Å². The predicted molar refractivity (Wildman–Crippen MR) is 114 cm³/mol. The minimum absolute atomic E-state index is 0.0383. The molecule has 1 heterocycles. The Bertz CT molecular complexity index is 1110. The van der Waals surface area contributed by atoms with Crippen LogP contribution in [0, 0.1) is 11.7 Å². The van der Waals surface area contributed by atoms with Gasteiger partial charge in [-0.1, -0.05) is 26.0 Å². The predicted octanol–water partition coefficient (Wildman–Crippen LogP) is 4.14. The highest BCUT2D eigenvalue weighted by atomic mass is 32.2. The molecule has 1 aromatic heterocycles. The zero-order chi connectivity index (χ0) is 24.1. The largest absolute Gasteiger partial charge is 0.433 e. The van der Waals surface area contributed by atoms with Crippen LogP contribution in [0.4, 0.5) is 23.2 Å². The molecule has 32 heavy (non-hydrogen) atoms. The third-order valence-corrected chi connectivity index (χ3v) is 4.70. The third kappa shape index (κ3) is 7.95. The van der Waals surface area contributed by atoms with E-state index in [4.69, 9.17) is 0 Å². The maximum absolute atomic E-state index is 14.0. The van der Waals surface area contributed by atoms with Crippen molar-refractivity contribution >= 4 is 27.7 Å². The number of pyridine rings is 1. The van der Waals surface area contributed by atoms with Crippen LogP contribution in [-0.2, 0) is 34.0 Å². The molecule has 6 nitrogen and oxygen atoms in total. The van der Waals surface area contributed by atoms with Crippen molar-refractivity contribution in [1.82, 2.24) is 10.3 Å². The van der Waals surface area contributed by atoms with E-state index in [-0.39, 0.29) is 23.8 Å². The molecular formula is C21H23F4N3O3S. The molecule has 0 aliphatic carbocycles. The Labute approximate surface area is 183 Å². The summed E-state index contributed by atoms with van der Waals surface area (Å²) in [7, 11) is -3.63. The van der Waals surface area contributed by atoms with Crippen LogP contribution in [0.25, 0.3) is 6.08 Å². The second kappa shape index (κ2) is 10.1. The van der Waals surface area contributed by atoms with Crippen molar-refractivity contribution in [2.24, 2.45) is 5.92 Å². The van der Waals surface area contributed by atoms with Crippen LogP contribution in [-0.4, -0.2) is 25.6 Å². The molecular weight excluding hydrogens is 450 g/mol. The van der Waals surface area contributed by atoms with Crippen molar-refractivity contribution < 1.29 is 30.8 Å². The number of nitrogens with zero attached hydrogens (tertiary/aromatic N) is 1. The molecule has 0 aliphatic rings. The number of hydrogen-bond donors (Lipinski definition) is 2. The van der Waals surface area contributed by atoms with Crippen LogP contribution in [0.2, 0.25) is 0 Å². The van der Waals surface area contributed by atoms with Gasteiger partial charge in [0.15, 0.2) is 0 Å². The first-order valence-electron chi connectivity index (χ1n) is 9.54. The van der Waals surface area contributed by atoms with Gasteiger partial charge in [-0.25, -0.2) is 17.8 Å². The third-order valence-electron chi connectivity index (χ3n) is 4.11. The number of hydrogen-bond acceptors (Lipinski definition) is 4. The number of alkyl halides is 3. The van der Waals surface area contributed by atoms with Gasteiger partial charge < -0.3 is 5.32 Å². The van der Waals surface area contributed by atoms with Crippen molar-refractivity contribution in [2.75, 3.05) is 11.0 Å². The van der Waals surface area contributed by atoms with E-state index < -0.39 is 33.6 Å². The fourth-order valence-electron chi connectivity index (χ4n) is 2.74. The number of rotatable bonds is 8. The molecule has 0 bridgehead atoms. The van der Waals surface area contributed by atoms with Gasteiger partial charge in [-0.05, 0) is 47.7 Å². The SMILES string of the molecule is CC(C)Cc1nc(C(F)(F)F)ccc1/C=C/C(=O)NCc1ccc(NS(C)(=O)=O)c(F)c1. The smallest absolute Gasteiger partial charge is 0.348 e. The Hall–Kier alpha value is -2.95. The van der Waals surface area contributed by atoms with E-state index in [1.165, 1.54) is 24.3 Å². The van der Waals surface area contributed by atoms with Crippen LogP contribution >= 0.6 is 0 Å². The molecule has 2 aromatic rings. The molecule has 1 aromatic carbocycles. The van der Waals surface area contributed by atoms with E-state index in [0.29, 0.717) is 17.5 Å². The Morgan fingerprint density at radius 2 is 1.88 bits per heavy atom. The minimum Gasteiger partial charge on any atom is -0.348 e. The van der Waals surface area contributed by atoms with Gasteiger partial charge in [0.25, 0.3) is 0 Å². The summed E-state index contributed by atoms with van der Waals surface area (Å²) < 4.78 is 77.2. The molecule has 0 saturated heterocycles. The van der Waals surface area contributed by atoms with Gasteiger partial charge in [0.2, 0.25) is 15.9 Å². The normalized spacial score (nSPS) is 12.4. The Balaban J connectivity index is 2.08. The molecule has 0 spiro atoms. The minimum atomic E-state index is -4.56. The van der Waals surface area contributed by atoms with Gasteiger partial charge in [0, 0.05) is 18.3 Å². The molecule has 0 radical (unpaired) electrons. The first-order valence-corrected chi connectivity index (χ1v) is 11.4. The monoisotopic (exact) mass is 473 g/mol. The van der Waals surface area contributed by atoms with E-state index in [9.17, 15) is 30.8 Å². The summed E-state index contributed by atoms with van der Waals surface area (Å²) in [6, 6.07) is 5.88. The summed E-state index contributed by atoms with van der Waals surface area (Å²) in [5.41, 5.74) is -0.195. The summed E-state index contributed by atoms with van der Waals surface area (Å²) in [5, 5.41) is 2.53. The van der Waals surface area contributed by atoms with Crippen molar-refractivity contribution in [1.29, 1.82) is 0 Å². The number of amides is 1. The van der Waals surface area contributed by atoms with Gasteiger partial charge in [-0.2, -0.15) is 13.2 Å². The first-order chi connectivity index (χ1) is 14.7. The summed E-state index contributed by atoms with van der Waals surface area (Å²) in [6.07, 6.45) is -0.832. The average molecular weight is 473 g/mol. The molecule has 11 heteroatoms. The Morgan fingerprint density at radius 1 is 1.19 bits per heavy atom. The number of carbonyl (C=O) groups excluding carboxylic acids is 1. The highest BCUT2D eigenvalue weighted by Crippen LogP contribution is 2.29. The lowest BCUT2D eigenvalue weighted by Gasteiger charge is -2.12. The number of carbonyl (C=O) groups is 1. The van der Waals surface area contributed by atoms with Crippen LogP contribution in [0.5, 0.6) is 0 Å². The van der Waals surface area contributed by atoms with Crippen molar-refractivity contribution in [3.8, 4) is 0 Å². The second-order valence-corrected chi connectivity index (χ2v) is 9.32. The molecule has 0 fully saturated rings. The molecule has 0 unspecified atom stereocenters. The van der Waals surface area contributed by atoms with E-state index in [0.717, 1.165) is 24.5 Å². The number of halogens is 4. The average Bonchev–Trinajstić information content (AvgIpc) is 2.65. The number of aromatic nitrogens is 1. The quantitative estimate of drug-likeness (QED) is 0.446. The molecule has 1 amide bonds. The summed E-state index contributed by atoms with van der Waals surface area (Å²) in [5.74, 6) is -1.28. The molecule has 0 aliphatic heterocycles. The van der Waals surface area contributed by atoms with Crippen molar-refractivity contribution in [3.05, 3.63) is 64.7 Å². The molecule has 0 saturated carbocycles. The fourth-order valence-corrected chi connectivity index (χ4v) is 3.30. The van der Waals surface area contributed by atoms with Crippen LogP contribution in [0.3, 0.4) is 0 Å². The van der Waals surface area contributed by atoms with Gasteiger partial charge in [0.05, 0.1) is 11.9 Å². The van der Waals surface area contributed by atoms with E-state index >= 15 is 0 Å².